The van der Waals surface area contributed by atoms with E-state index >= 15 is 0 Å². The van der Waals surface area contributed by atoms with Gasteiger partial charge in [0.1, 0.15) is 0 Å². The molecule has 0 saturated heterocycles. The van der Waals surface area contributed by atoms with Crippen molar-refractivity contribution in [3.8, 4) is 0 Å². The number of nitrogens with zero attached hydrogens (tertiary/aromatic N) is 2. The molecule has 1 aromatic heterocycles. The molecular formula is C17H12Cl4N2. The van der Waals surface area contributed by atoms with Crippen LogP contribution in [0, 0.1) is 0 Å². The Labute approximate surface area is 154 Å². The second-order valence-electron chi connectivity index (χ2n) is 5.14. The monoisotopic (exact) mass is 384 g/mol. The third kappa shape index (κ3) is 3.84. The first kappa shape index (κ1) is 16.7. The second kappa shape index (κ2) is 7.14. The molecule has 0 atom stereocenters. The molecule has 118 valence electrons. The standard InChI is InChI=1S/C17H12Cl4N2/c18-11-1-3-13(16(20)7-11)15(9-23-6-5-22-10-23)14-4-2-12(19)8-17(14)21/h1-8,10,15H,9H2. The number of imidazole rings is 1. The van der Waals surface area contributed by atoms with Crippen LogP contribution in [-0.2, 0) is 6.54 Å². The Kier molecular flexibility index (Phi) is 5.17. The van der Waals surface area contributed by atoms with Crippen molar-refractivity contribution >= 4 is 46.4 Å². The number of hydrogen-bond acceptors (Lipinski definition) is 1. The van der Waals surface area contributed by atoms with Gasteiger partial charge in [0.25, 0.3) is 0 Å². The van der Waals surface area contributed by atoms with Gasteiger partial charge in [0, 0.05) is 44.9 Å². The number of halogens is 4. The maximum absolute atomic E-state index is 6.42. The van der Waals surface area contributed by atoms with Crippen LogP contribution in [-0.4, -0.2) is 9.55 Å². The van der Waals surface area contributed by atoms with Crippen molar-refractivity contribution in [3.63, 3.8) is 0 Å². The second-order valence-corrected chi connectivity index (χ2v) is 6.83. The molecule has 0 saturated carbocycles. The van der Waals surface area contributed by atoms with E-state index in [1.165, 1.54) is 0 Å². The Hall–Kier alpha value is -1.19. The van der Waals surface area contributed by atoms with Crippen molar-refractivity contribution in [3.05, 3.63) is 86.3 Å². The van der Waals surface area contributed by atoms with Crippen LogP contribution < -0.4 is 0 Å². The Morgan fingerprint density at radius 3 is 1.87 bits per heavy atom. The highest BCUT2D eigenvalue weighted by molar-refractivity contribution is 6.36. The molecular weight excluding hydrogens is 374 g/mol. The summed E-state index contributed by atoms with van der Waals surface area (Å²) in [5, 5.41) is 2.41. The molecule has 0 aliphatic rings. The molecule has 0 N–H and O–H groups in total. The third-order valence-electron chi connectivity index (χ3n) is 3.63. The first-order valence-corrected chi connectivity index (χ1v) is 8.41. The van der Waals surface area contributed by atoms with Gasteiger partial charge in [0.05, 0.1) is 6.33 Å². The van der Waals surface area contributed by atoms with Crippen LogP contribution in [0.5, 0.6) is 0 Å². The van der Waals surface area contributed by atoms with Crippen LogP contribution in [0.2, 0.25) is 20.1 Å². The van der Waals surface area contributed by atoms with Gasteiger partial charge in [-0.3, -0.25) is 0 Å². The molecule has 3 aromatic rings. The lowest BCUT2D eigenvalue weighted by atomic mass is 9.91. The fraction of sp³-hybridized carbons (Fsp3) is 0.118. The molecule has 1 heterocycles. The minimum Gasteiger partial charge on any atom is -0.337 e. The maximum Gasteiger partial charge on any atom is 0.0946 e. The summed E-state index contributed by atoms with van der Waals surface area (Å²) in [6.07, 6.45) is 5.41. The molecule has 0 radical (unpaired) electrons. The van der Waals surface area contributed by atoms with Crippen LogP contribution in [0.3, 0.4) is 0 Å². The lowest BCUT2D eigenvalue weighted by Gasteiger charge is -2.21. The van der Waals surface area contributed by atoms with Crippen LogP contribution in [0.25, 0.3) is 0 Å². The van der Waals surface area contributed by atoms with Gasteiger partial charge in [0.2, 0.25) is 0 Å². The van der Waals surface area contributed by atoms with Gasteiger partial charge >= 0.3 is 0 Å². The summed E-state index contributed by atoms with van der Waals surface area (Å²) in [4.78, 5) is 4.09. The SMILES string of the molecule is Clc1ccc(C(Cn2ccnc2)c2ccc(Cl)cc2Cl)c(Cl)c1. The molecule has 0 aliphatic carbocycles. The fourth-order valence-electron chi connectivity index (χ4n) is 2.54. The van der Waals surface area contributed by atoms with Crippen LogP contribution >= 0.6 is 46.4 Å². The molecule has 2 nitrogen and oxygen atoms in total. The summed E-state index contributed by atoms with van der Waals surface area (Å²) < 4.78 is 1.99. The van der Waals surface area contributed by atoms with Crippen molar-refractivity contribution in [2.75, 3.05) is 0 Å². The normalized spacial score (nSPS) is 11.2. The summed E-state index contributed by atoms with van der Waals surface area (Å²) in [5.74, 6) is -0.0428. The van der Waals surface area contributed by atoms with E-state index in [9.17, 15) is 0 Å². The Bertz CT molecular complexity index is 764. The minimum atomic E-state index is -0.0428. The van der Waals surface area contributed by atoms with Crippen molar-refractivity contribution in [1.82, 2.24) is 9.55 Å². The molecule has 6 heteroatoms. The van der Waals surface area contributed by atoms with Gasteiger partial charge in [-0.05, 0) is 35.4 Å². The van der Waals surface area contributed by atoms with Gasteiger partial charge in [-0.1, -0.05) is 58.5 Å². The molecule has 0 amide bonds. The first-order valence-electron chi connectivity index (χ1n) is 6.90. The lowest BCUT2D eigenvalue weighted by molar-refractivity contribution is 0.624. The predicted octanol–water partition coefficient (Wildman–Crippen LogP) is 6.33. The van der Waals surface area contributed by atoms with E-state index in [0.29, 0.717) is 26.6 Å². The van der Waals surface area contributed by atoms with Gasteiger partial charge in [-0.2, -0.15) is 0 Å². The highest BCUT2D eigenvalue weighted by atomic mass is 35.5. The summed E-state index contributed by atoms with van der Waals surface area (Å²) in [6.45, 7) is 0.655. The zero-order valence-corrected chi connectivity index (χ0v) is 14.9. The molecule has 0 unspecified atom stereocenters. The maximum atomic E-state index is 6.42. The Balaban J connectivity index is 2.09. The zero-order chi connectivity index (χ0) is 16.4. The average Bonchev–Trinajstić information content (AvgIpc) is 2.99. The summed E-state index contributed by atoms with van der Waals surface area (Å²) in [7, 11) is 0. The molecule has 0 spiro atoms. The molecule has 0 bridgehead atoms. The van der Waals surface area contributed by atoms with E-state index in [-0.39, 0.29) is 5.92 Å². The topological polar surface area (TPSA) is 17.8 Å². The van der Waals surface area contributed by atoms with Gasteiger partial charge < -0.3 is 4.57 Å². The Morgan fingerprint density at radius 1 is 0.870 bits per heavy atom. The molecule has 0 fully saturated rings. The highest BCUT2D eigenvalue weighted by Gasteiger charge is 2.20. The summed E-state index contributed by atoms with van der Waals surface area (Å²) in [5.41, 5.74) is 1.91. The van der Waals surface area contributed by atoms with Gasteiger partial charge in [-0.25, -0.2) is 4.98 Å². The molecule has 23 heavy (non-hydrogen) atoms. The fourth-order valence-corrected chi connectivity index (χ4v) is 3.62. The highest BCUT2D eigenvalue weighted by Crippen LogP contribution is 2.37. The number of hydrogen-bond donors (Lipinski definition) is 0. The van der Waals surface area contributed by atoms with E-state index in [0.717, 1.165) is 11.1 Å². The van der Waals surface area contributed by atoms with E-state index in [2.05, 4.69) is 4.98 Å². The summed E-state index contributed by atoms with van der Waals surface area (Å²) >= 11 is 24.9. The third-order valence-corrected chi connectivity index (χ3v) is 4.75. The summed E-state index contributed by atoms with van der Waals surface area (Å²) in [6, 6.07) is 11.0. The smallest absolute Gasteiger partial charge is 0.0946 e. The van der Waals surface area contributed by atoms with E-state index in [1.807, 2.05) is 35.0 Å². The Morgan fingerprint density at radius 2 is 1.43 bits per heavy atom. The first-order chi connectivity index (χ1) is 11.0. The largest absolute Gasteiger partial charge is 0.337 e. The minimum absolute atomic E-state index is 0.0428. The zero-order valence-electron chi connectivity index (χ0n) is 11.9. The number of benzene rings is 2. The molecule has 0 aliphatic heterocycles. The predicted molar refractivity (Wildman–Crippen MR) is 97.0 cm³/mol. The van der Waals surface area contributed by atoms with Crippen LogP contribution in [0.4, 0.5) is 0 Å². The number of rotatable bonds is 4. The molecule has 3 rings (SSSR count). The quantitative estimate of drug-likeness (QED) is 0.513. The van der Waals surface area contributed by atoms with Crippen molar-refractivity contribution < 1.29 is 0 Å². The lowest BCUT2D eigenvalue weighted by Crippen LogP contribution is -2.11. The van der Waals surface area contributed by atoms with Crippen molar-refractivity contribution in [2.24, 2.45) is 0 Å². The van der Waals surface area contributed by atoms with E-state index in [1.54, 1.807) is 24.7 Å². The number of aromatic nitrogens is 2. The van der Waals surface area contributed by atoms with E-state index in [4.69, 9.17) is 46.4 Å². The van der Waals surface area contributed by atoms with Crippen molar-refractivity contribution in [2.45, 2.75) is 12.5 Å². The van der Waals surface area contributed by atoms with Gasteiger partial charge in [0.15, 0.2) is 0 Å². The molecule has 2 aromatic carbocycles. The van der Waals surface area contributed by atoms with Crippen molar-refractivity contribution in [1.29, 1.82) is 0 Å². The van der Waals surface area contributed by atoms with Crippen LogP contribution in [0.1, 0.15) is 17.0 Å². The van der Waals surface area contributed by atoms with Crippen LogP contribution in [0.15, 0.2) is 55.1 Å². The van der Waals surface area contributed by atoms with E-state index < -0.39 is 0 Å². The van der Waals surface area contributed by atoms with Gasteiger partial charge in [-0.15, -0.1) is 0 Å². The average molecular weight is 386 g/mol.